The molecule has 0 aliphatic rings. The van der Waals surface area contributed by atoms with Crippen LogP contribution in [0.25, 0.3) is 10.1 Å². The second kappa shape index (κ2) is 2.81. The van der Waals surface area contributed by atoms with E-state index < -0.39 is 5.97 Å². The van der Waals surface area contributed by atoms with Crippen molar-refractivity contribution in [1.82, 2.24) is 4.98 Å². The largest absolute Gasteiger partial charge is 0.477 e. The first-order chi connectivity index (χ1) is 6.16. The van der Waals surface area contributed by atoms with E-state index in [0.717, 1.165) is 15.8 Å². The molecule has 2 rings (SSSR count). The lowest BCUT2D eigenvalue weighted by atomic mass is 10.3. The molecular formula is C9H7NO2S. The molecule has 0 spiro atoms. The highest BCUT2D eigenvalue weighted by atomic mass is 32.1. The van der Waals surface area contributed by atoms with Gasteiger partial charge in [0.2, 0.25) is 0 Å². The van der Waals surface area contributed by atoms with Gasteiger partial charge < -0.3 is 5.11 Å². The minimum absolute atomic E-state index is 0.363. The summed E-state index contributed by atoms with van der Waals surface area (Å²) in [4.78, 5) is 15.1. The number of carboxylic acids is 1. The molecule has 0 unspecified atom stereocenters. The highest BCUT2D eigenvalue weighted by Crippen LogP contribution is 2.25. The van der Waals surface area contributed by atoms with Crippen LogP contribution in [0.1, 0.15) is 15.4 Å². The van der Waals surface area contributed by atoms with Crippen LogP contribution in [0.5, 0.6) is 0 Å². The van der Waals surface area contributed by atoms with E-state index in [0.29, 0.717) is 4.88 Å². The fraction of sp³-hybridized carbons (Fsp3) is 0.111. The number of carbonyl (C=O) groups is 1. The topological polar surface area (TPSA) is 50.2 Å². The Balaban J connectivity index is 2.68. The van der Waals surface area contributed by atoms with Crippen LogP contribution >= 0.6 is 11.3 Å². The van der Waals surface area contributed by atoms with Gasteiger partial charge in [-0.25, -0.2) is 4.79 Å². The molecule has 0 atom stereocenters. The number of hydrogen-bond donors (Lipinski definition) is 1. The van der Waals surface area contributed by atoms with Gasteiger partial charge in [0, 0.05) is 11.9 Å². The molecule has 0 aromatic carbocycles. The number of fused-ring (bicyclic) bond motifs is 1. The van der Waals surface area contributed by atoms with Gasteiger partial charge in [0.1, 0.15) is 4.88 Å². The molecule has 2 aromatic heterocycles. The van der Waals surface area contributed by atoms with E-state index in [4.69, 9.17) is 5.11 Å². The number of hydrogen-bond acceptors (Lipinski definition) is 3. The Hall–Kier alpha value is -1.42. The summed E-state index contributed by atoms with van der Waals surface area (Å²) in [6.07, 6.45) is 1.71. The number of nitrogens with zero attached hydrogens (tertiary/aromatic N) is 1. The number of aromatic nitrogens is 1. The Bertz CT molecular complexity index is 475. The van der Waals surface area contributed by atoms with Crippen LogP contribution in [0.2, 0.25) is 0 Å². The van der Waals surface area contributed by atoms with E-state index in [1.807, 2.05) is 13.0 Å². The Labute approximate surface area is 78.7 Å². The Morgan fingerprint density at radius 2 is 2.31 bits per heavy atom. The van der Waals surface area contributed by atoms with Gasteiger partial charge in [0.25, 0.3) is 0 Å². The van der Waals surface area contributed by atoms with Crippen LogP contribution in [0.4, 0.5) is 0 Å². The molecule has 66 valence electrons. The zero-order valence-electron chi connectivity index (χ0n) is 6.94. The van der Waals surface area contributed by atoms with Crippen molar-refractivity contribution in [2.75, 3.05) is 0 Å². The van der Waals surface area contributed by atoms with E-state index in [-0.39, 0.29) is 0 Å². The van der Waals surface area contributed by atoms with Crippen LogP contribution in [-0.2, 0) is 0 Å². The maximum Gasteiger partial charge on any atom is 0.345 e. The quantitative estimate of drug-likeness (QED) is 0.756. The molecule has 0 saturated carbocycles. The number of aromatic carboxylic acids is 1. The molecule has 0 aliphatic heterocycles. The van der Waals surface area contributed by atoms with Crippen LogP contribution in [0.15, 0.2) is 18.3 Å². The van der Waals surface area contributed by atoms with Crippen molar-refractivity contribution in [3.8, 4) is 0 Å². The minimum atomic E-state index is -0.876. The van der Waals surface area contributed by atoms with Crippen molar-refractivity contribution in [3.05, 3.63) is 28.9 Å². The van der Waals surface area contributed by atoms with Crippen molar-refractivity contribution in [1.29, 1.82) is 0 Å². The second-order valence-corrected chi connectivity index (χ2v) is 3.86. The van der Waals surface area contributed by atoms with Crippen molar-refractivity contribution < 1.29 is 9.90 Å². The predicted molar refractivity (Wildman–Crippen MR) is 51.3 cm³/mol. The fourth-order valence-electron chi connectivity index (χ4n) is 1.16. The summed E-state index contributed by atoms with van der Waals surface area (Å²) in [5, 5.41) is 9.70. The second-order valence-electron chi connectivity index (χ2n) is 2.78. The highest BCUT2D eigenvalue weighted by molar-refractivity contribution is 7.20. The Morgan fingerprint density at radius 1 is 1.54 bits per heavy atom. The lowest BCUT2D eigenvalue weighted by molar-refractivity contribution is 0.0702. The van der Waals surface area contributed by atoms with Gasteiger partial charge in [-0.1, -0.05) is 0 Å². The van der Waals surface area contributed by atoms with Gasteiger partial charge >= 0.3 is 5.97 Å². The first kappa shape index (κ1) is 8.19. The van der Waals surface area contributed by atoms with Gasteiger partial charge in [0.15, 0.2) is 0 Å². The third kappa shape index (κ3) is 1.40. The molecule has 2 heterocycles. The van der Waals surface area contributed by atoms with Crippen molar-refractivity contribution in [3.63, 3.8) is 0 Å². The van der Waals surface area contributed by atoms with Crippen LogP contribution in [0.3, 0.4) is 0 Å². The number of aryl methyl sites for hydroxylation is 1. The molecule has 0 saturated heterocycles. The van der Waals surface area contributed by atoms with Crippen LogP contribution < -0.4 is 0 Å². The summed E-state index contributed by atoms with van der Waals surface area (Å²) < 4.78 is 0.919. The summed E-state index contributed by atoms with van der Waals surface area (Å²) in [6, 6.07) is 3.56. The number of thiophene rings is 1. The smallest absolute Gasteiger partial charge is 0.345 e. The first-order valence-corrected chi connectivity index (χ1v) is 4.58. The molecule has 2 aromatic rings. The third-order valence-electron chi connectivity index (χ3n) is 1.75. The lowest BCUT2D eigenvalue weighted by Gasteiger charge is -1.89. The molecule has 0 amide bonds. The normalized spacial score (nSPS) is 10.5. The van der Waals surface area contributed by atoms with E-state index >= 15 is 0 Å². The molecule has 0 fully saturated rings. The van der Waals surface area contributed by atoms with Crippen molar-refractivity contribution in [2.24, 2.45) is 0 Å². The van der Waals surface area contributed by atoms with Crippen molar-refractivity contribution >= 4 is 27.4 Å². The Kier molecular flexibility index (Phi) is 1.77. The highest BCUT2D eigenvalue weighted by Gasteiger charge is 2.07. The van der Waals surface area contributed by atoms with Gasteiger partial charge in [-0.05, 0) is 24.4 Å². The third-order valence-corrected chi connectivity index (χ3v) is 2.83. The molecule has 3 nitrogen and oxygen atoms in total. The molecule has 4 heteroatoms. The average Bonchev–Trinajstić information content (AvgIpc) is 2.46. The summed E-state index contributed by atoms with van der Waals surface area (Å²) >= 11 is 1.25. The summed E-state index contributed by atoms with van der Waals surface area (Å²) in [6.45, 7) is 1.89. The van der Waals surface area contributed by atoms with Gasteiger partial charge in [-0.3, -0.25) is 4.98 Å². The molecular weight excluding hydrogens is 186 g/mol. The summed E-state index contributed by atoms with van der Waals surface area (Å²) in [5.74, 6) is -0.876. The number of carboxylic acid groups (broad SMARTS) is 1. The Morgan fingerprint density at radius 3 is 3.00 bits per heavy atom. The molecule has 0 aliphatic carbocycles. The zero-order chi connectivity index (χ0) is 9.42. The first-order valence-electron chi connectivity index (χ1n) is 3.76. The molecule has 1 N–H and O–H groups in total. The van der Waals surface area contributed by atoms with E-state index in [9.17, 15) is 4.79 Å². The minimum Gasteiger partial charge on any atom is -0.477 e. The lowest BCUT2D eigenvalue weighted by Crippen LogP contribution is -1.89. The van der Waals surface area contributed by atoms with Crippen LogP contribution in [0, 0.1) is 6.92 Å². The van der Waals surface area contributed by atoms with E-state index in [1.54, 1.807) is 12.3 Å². The molecule has 0 radical (unpaired) electrons. The van der Waals surface area contributed by atoms with E-state index in [1.165, 1.54) is 11.3 Å². The predicted octanol–water partition coefficient (Wildman–Crippen LogP) is 2.30. The van der Waals surface area contributed by atoms with Gasteiger partial charge in [-0.15, -0.1) is 11.3 Å². The monoisotopic (exact) mass is 193 g/mol. The van der Waals surface area contributed by atoms with E-state index in [2.05, 4.69) is 4.98 Å². The SMILES string of the molecule is Cc1cc2cc(C(=O)O)sc2cn1. The van der Waals surface area contributed by atoms with Gasteiger partial charge in [-0.2, -0.15) is 0 Å². The van der Waals surface area contributed by atoms with Gasteiger partial charge in [0.05, 0.1) is 4.70 Å². The maximum absolute atomic E-state index is 10.6. The van der Waals surface area contributed by atoms with Crippen LogP contribution in [-0.4, -0.2) is 16.1 Å². The summed E-state index contributed by atoms with van der Waals surface area (Å²) in [7, 11) is 0. The number of pyridine rings is 1. The molecule has 13 heavy (non-hydrogen) atoms. The number of rotatable bonds is 1. The fourth-order valence-corrected chi connectivity index (χ4v) is 2.01. The maximum atomic E-state index is 10.6. The average molecular weight is 193 g/mol. The standard InChI is InChI=1S/C9H7NO2S/c1-5-2-6-3-7(9(11)12)13-8(6)4-10-5/h2-4H,1H3,(H,11,12). The zero-order valence-corrected chi connectivity index (χ0v) is 7.76. The molecule has 0 bridgehead atoms. The summed E-state index contributed by atoms with van der Waals surface area (Å²) in [5.41, 5.74) is 0.905. The van der Waals surface area contributed by atoms with Crippen molar-refractivity contribution in [2.45, 2.75) is 6.92 Å².